The van der Waals surface area contributed by atoms with Crippen molar-refractivity contribution in [2.24, 2.45) is 5.41 Å². The minimum Gasteiger partial charge on any atom is -0.489 e. The van der Waals surface area contributed by atoms with Gasteiger partial charge in [0.15, 0.2) is 0 Å². The van der Waals surface area contributed by atoms with Crippen LogP contribution < -0.4 is 20.4 Å². The van der Waals surface area contributed by atoms with Gasteiger partial charge in [-0.05, 0) is 111 Å². The molecular formula is C59H69N7O9. The minimum atomic E-state index is -1.07. The maximum absolute atomic E-state index is 14.6. The minimum absolute atomic E-state index is 0.0914. The molecule has 2 aromatic heterocycles. The molecule has 2 saturated heterocycles. The van der Waals surface area contributed by atoms with Gasteiger partial charge in [-0.15, -0.1) is 0 Å². The van der Waals surface area contributed by atoms with E-state index >= 15 is 0 Å². The number of cyclic esters (lactones) is 1. The average Bonchev–Trinajstić information content (AvgIpc) is 3.76. The highest BCUT2D eigenvalue weighted by atomic mass is 16.6. The average molecular weight is 1020 g/mol. The van der Waals surface area contributed by atoms with Crippen molar-refractivity contribution >= 4 is 40.7 Å². The normalized spacial score (nSPS) is 18.7. The van der Waals surface area contributed by atoms with Crippen LogP contribution in [-0.2, 0) is 54.6 Å². The number of fused-ring (bicyclic) bond motifs is 6. The molecule has 394 valence electrons. The number of aromatic amines is 1. The largest absolute Gasteiger partial charge is 0.489 e. The molecule has 0 radical (unpaired) electrons. The third-order valence-corrected chi connectivity index (χ3v) is 13.9. The number of aromatic nitrogens is 2. The number of benzene rings is 4. The van der Waals surface area contributed by atoms with Crippen LogP contribution in [0.2, 0.25) is 0 Å². The third-order valence-electron chi connectivity index (χ3n) is 13.9. The summed E-state index contributed by atoms with van der Waals surface area (Å²) in [4.78, 5) is 68.1. The number of ether oxygens (including phenoxy) is 5. The highest BCUT2D eigenvalue weighted by Gasteiger charge is 2.36. The van der Waals surface area contributed by atoms with Crippen molar-refractivity contribution in [1.82, 2.24) is 30.6 Å². The van der Waals surface area contributed by atoms with E-state index in [2.05, 4.69) is 58.7 Å². The maximum atomic E-state index is 14.6. The molecule has 3 aliphatic heterocycles. The van der Waals surface area contributed by atoms with E-state index in [0.29, 0.717) is 64.3 Å². The summed E-state index contributed by atoms with van der Waals surface area (Å²) in [6, 6.07) is 32.1. The van der Waals surface area contributed by atoms with Crippen molar-refractivity contribution in [1.29, 1.82) is 0 Å². The molecule has 2 fully saturated rings. The highest BCUT2D eigenvalue weighted by Crippen LogP contribution is 2.41. The Bertz CT molecular complexity index is 3000. The number of esters is 1. The second-order valence-electron chi connectivity index (χ2n) is 21.6. The number of alkyl carbamates (subject to hydrolysis) is 1. The number of H-pyrrole nitrogens is 1. The van der Waals surface area contributed by atoms with E-state index in [1.54, 1.807) is 32.8 Å². The number of rotatable bonds is 10. The quantitative estimate of drug-likeness (QED) is 0.0876. The first kappa shape index (κ1) is 52.4. The fourth-order valence-corrected chi connectivity index (χ4v) is 9.93. The van der Waals surface area contributed by atoms with Crippen LogP contribution in [0.4, 0.5) is 15.3 Å². The molecule has 0 spiro atoms. The number of hydrogen-bond acceptors (Lipinski definition) is 12. The number of carbonyl (C=O) groups excluding carboxylic acids is 4. The van der Waals surface area contributed by atoms with Crippen molar-refractivity contribution in [2.75, 3.05) is 51.3 Å². The lowest BCUT2D eigenvalue weighted by atomic mass is 9.84. The second kappa shape index (κ2) is 22.6. The molecule has 6 bridgehead atoms. The monoisotopic (exact) mass is 1020 g/mol. The third kappa shape index (κ3) is 12.9. The van der Waals surface area contributed by atoms with Crippen molar-refractivity contribution in [3.8, 4) is 28.1 Å². The van der Waals surface area contributed by atoms with Gasteiger partial charge in [-0.25, -0.2) is 15.0 Å². The summed E-state index contributed by atoms with van der Waals surface area (Å²) in [5.41, 5.74) is 11.4. The van der Waals surface area contributed by atoms with Gasteiger partial charge < -0.3 is 43.8 Å². The molecule has 9 rings (SSSR count). The lowest BCUT2D eigenvalue weighted by Gasteiger charge is -2.36. The van der Waals surface area contributed by atoms with Crippen LogP contribution >= 0.6 is 0 Å². The Kier molecular flexibility index (Phi) is 15.8. The summed E-state index contributed by atoms with van der Waals surface area (Å²) in [7, 11) is 1.67. The van der Waals surface area contributed by atoms with E-state index < -0.39 is 41.1 Å². The van der Waals surface area contributed by atoms with Crippen molar-refractivity contribution in [3.63, 3.8) is 0 Å². The van der Waals surface area contributed by atoms with E-state index in [1.165, 1.54) is 5.01 Å². The first-order valence-corrected chi connectivity index (χ1v) is 25.9. The van der Waals surface area contributed by atoms with Crippen LogP contribution in [0.3, 0.4) is 0 Å². The number of anilines is 1. The van der Waals surface area contributed by atoms with Gasteiger partial charge in [0.25, 0.3) is 5.91 Å². The molecule has 16 nitrogen and oxygen atoms in total. The van der Waals surface area contributed by atoms with E-state index in [1.807, 2.05) is 92.0 Å². The Morgan fingerprint density at radius 2 is 1.60 bits per heavy atom. The zero-order valence-corrected chi connectivity index (χ0v) is 44.1. The Morgan fingerprint density at radius 3 is 2.31 bits per heavy atom. The Labute approximate surface area is 439 Å². The summed E-state index contributed by atoms with van der Waals surface area (Å²) in [5, 5.41) is 5.25. The van der Waals surface area contributed by atoms with E-state index in [4.69, 9.17) is 28.7 Å². The molecule has 5 heterocycles. The molecule has 3 atom stereocenters. The van der Waals surface area contributed by atoms with Gasteiger partial charge >= 0.3 is 18.2 Å². The summed E-state index contributed by atoms with van der Waals surface area (Å²) in [5.74, 6) is -0.291. The number of amides is 3. The fourth-order valence-electron chi connectivity index (χ4n) is 9.93. The molecule has 0 unspecified atom stereocenters. The second-order valence-corrected chi connectivity index (χ2v) is 21.6. The van der Waals surface area contributed by atoms with Crippen LogP contribution in [0, 0.1) is 5.41 Å². The number of hydrazine groups is 1. The first-order chi connectivity index (χ1) is 36.0. The number of methoxy groups -OCH3 is 1. The van der Waals surface area contributed by atoms with Crippen LogP contribution in [0.5, 0.6) is 5.75 Å². The Hall–Kier alpha value is -7.43. The van der Waals surface area contributed by atoms with Crippen LogP contribution in [-0.4, -0.2) is 108 Å². The molecule has 4 aromatic carbocycles. The predicted molar refractivity (Wildman–Crippen MR) is 287 cm³/mol. The molecule has 6 aromatic rings. The highest BCUT2D eigenvalue weighted by molar-refractivity contribution is 5.95. The molecule has 0 aliphatic carbocycles. The molecule has 16 heteroatoms. The molecular weight excluding hydrogens is 951 g/mol. The van der Waals surface area contributed by atoms with E-state index in [-0.39, 0.29) is 31.8 Å². The summed E-state index contributed by atoms with van der Waals surface area (Å²) < 4.78 is 30.0. The number of nitrogens with one attached hydrogen (secondary N) is 3. The first-order valence-electron chi connectivity index (χ1n) is 25.9. The lowest BCUT2D eigenvalue weighted by Crippen LogP contribution is -2.60. The van der Waals surface area contributed by atoms with Gasteiger partial charge in [-0.2, -0.15) is 0 Å². The molecule has 3 N–H and O–H groups in total. The number of piperazine rings is 1. The fraction of sp³-hybridized carbons (Fsp3) is 0.407. The topological polar surface area (TPSA) is 177 Å². The molecule has 75 heavy (non-hydrogen) atoms. The number of hydrogen-bond donors (Lipinski definition) is 3. The zero-order valence-electron chi connectivity index (χ0n) is 44.1. The van der Waals surface area contributed by atoms with Gasteiger partial charge in [0.1, 0.15) is 36.6 Å². The maximum Gasteiger partial charge on any atom is 0.410 e. The van der Waals surface area contributed by atoms with Crippen molar-refractivity contribution in [2.45, 2.75) is 104 Å². The smallest absolute Gasteiger partial charge is 0.410 e. The predicted octanol–water partition coefficient (Wildman–Crippen LogP) is 9.70. The van der Waals surface area contributed by atoms with E-state index in [0.717, 1.165) is 66.9 Å². The van der Waals surface area contributed by atoms with Crippen LogP contribution in [0.25, 0.3) is 33.3 Å². The lowest BCUT2D eigenvalue weighted by molar-refractivity contribution is -0.155. The SMILES string of the molecule is CO[C@@H](C)c1ncc(N2CCN(C(=O)OCc3ccccc3)CC2)cc1-c1[nH]c2ccc3cc2c1CC(C)(C)COC(=O)[C@@H]1CCCN(N1)C(=O)[C@@H](NC(=O)OC(C)(C)C)Cc1cc(OCc2ccccc2)cc-3c1. The summed E-state index contributed by atoms with van der Waals surface area (Å²) in [6.45, 7) is 14.5. The number of pyridine rings is 1. The van der Waals surface area contributed by atoms with Gasteiger partial charge in [0, 0.05) is 68.1 Å². The summed E-state index contributed by atoms with van der Waals surface area (Å²) >= 11 is 0. The molecule has 3 amide bonds. The number of nitrogens with zero attached hydrogens (tertiary/aromatic N) is 4. The van der Waals surface area contributed by atoms with Crippen molar-refractivity contribution in [3.05, 3.63) is 137 Å². The van der Waals surface area contributed by atoms with Crippen molar-refractivity contribution < 1.29 is 42.9 Å². The van der Waals surface area contributed by atoms with E-state index in [9.17, 15) is 19.2 Å². The number of carbonyl (C=O) groups is 4. The zero-order chi connectivity index (χ0) is 52.9. The van der Waals surface area contributed by atoms with Gasteiger partial charge in [-0.1, -0.05) is 86.6 Å². The molecule has 0 saturated carbocycles. The molecule has 3 aliphatic rings. The Morgan fingerprint density at radius 1 is 0.880 bits per heavy atom. The summed E-state index contributed by atoms with van der Waals surface area (Å²) in [6.07, 6.45) is 2.03. The van der Waals surface area contributed by atoms with Gasteiger partial charge in [-0.3, -0.25) is 19.6 Å². The van der Waals surface area contributed by atoms with Gasteiger partial charge in [0.05, 0.1) is 36.0 Å². The Balaban J connectivity index is 1.12. The van der Waals surface area contributed by atoms with Crippen LogP contribution in [0.15, 0.2) is 109 Å². The standard InChI is InChI=1S/C59H69N7O9/c1-38(71-7)52-47(32-44(34-60-52)64-23-25-65(26-24-64)57(70)73-36-40-17-12-9-13-18-40)53-48-33-59(5,6)37-74-55(68)50-19-14-22-66(63-50)54(67)51(62-56(69)75-58(2,3)4)29-41-27-43(42-20-21-49(61-53)46(48)31-42)30-45(28-41)72-35-39-15-10-8-11-16-39/h8-13,15-18,20-21,27-28,30-32,34,38,50-51,61,63H,14,19,22-26,29,33,35-37H2,1-7H3,(H,62,69)/t38-,50-,51-/m0/s1. The van der Waals surface area contributed by atoms with Gasteiger partial charge in [0.2, 0.25) is 0 Å². The van der Waals surface area contributed by atoms with Crippen LogP contribution in [0.1, 0.15) is 88.4 Å².